The average Bonchev–Trinajstić information content (AvgIpc) is 3.05. The Kier molecular flexibility index (Phi) is 7.96. The van der Waals surface area contributed by atoms with Gasteiger partial charge in [0.2, 0.25) is 0 Å². The highest BCUT2D eigenvalue weighted by atomic mass is 32.1. The van der Waals surface area contributed by atoms with Gasteiger partial charge in [0.1, 0.15) is 10.7 Å². The zero-order chi connectivity index (χ0) is 23.5. The number of hydrogen-bond donors (Lipinski definition) is 2. The summed E-state index contributed by atoms with van der Waals surface area (Å²) in [6.45, 7) is 6.01. The van der Waals surface area contributed by atoms with E-state index in [2.05, 4.69) is 5.32 Å². The molecule has 0 fully saturated rings. The molecule has 0 aliphatic heterocycles. The van der Waals surface area contributed by atoms with E-state index >= 15 is 0 Å². The maximum absolute atomic E-state index is 13.9. The number of anilines is 2. The molecule has 2 aromatic rings. The van der Waals surface area contributed by atoms with Crippen molar-refractivity contribution >= 4 is 51.2 Å². The number of rotatable bonds is 6. The zero-order valence-corrected chi connectivity index (χ0v) is 18.6. The van der Waals surface area contributed by atoms with E-state index in [0.29, 0.717) is 18.7 Å². The fraction of sp³-hybridized carbons (Fsp3) is 0.316. The van der Waals surface area contributed by atoms with Crippen LogP contribution >= 0.6 is 23.6 Å². The number of halogens is 4. The van der Waals surface area contributed by atoms with Crippen LogP contribution in [0.4, 0.5) is 28.3 Å². The predicted octanol–water partition coefficient (Wildman–Crippen LogP) is 4.69. The lowest BCUT2D eigenvalue weighted by Crippen LogP contribution is -2.30. The van der Waals surface area contributed by atoms with Gasteiger partial charge in [-0.3, -0.25) is 4.79 Å². The molecule has 1 heterocycles. The van der Waals surface area contributed by atoms with Crippen LogP contribution in [0.1, 0.15) is 39.4 Å². The molecule has 31 heavy (non-hydrogen) atoms. The Balaban J connectivity index is 2.43. The largest absolute Gasteiger partial charge is 0.465 e. The Labute approximate surface area is 185 Å². The average molecular weight is 478 g/mol. The van der Waals surface area contributed by atoms with E-state index in [9.17, 15) is 27.2 Å². The fourth-order valence-corrected chi connectivity index (χ4v) is 4.17. The van der Waals surface area contributed by atoms with Gasteiger partial charge in [-0.1, -0.05) is 0 Å². The SMILES string of the molecule is CCN(CC)C(=O)c1sc(NC(=S)Nc2c(F)c(F)cc(F)c2F)c(C(=O)OC)c1C. The van der Waals surface area contributed by atoms with Crippen LogP contribution in [0.2, 0.25) is 0 Å². The number of nitrogens with zero attached hydrogens (tertiary/aromatic N) is 1. The first-order chi connectivity index (χ1) is 14.6. The number of methoxy groups -OCH3 is 1. The lowest BCUT2D eigenvalue weighted by Gasteiger charge is -2.18. The molecule has 0 radical (unpaired) electrons. The quantitative estimate of drug-likeness (QED) is 0.272. The van der Waals surface area contributed by atoms with Crippen LogP contribution < -0.4 is 10.6 Å². The van der Waals surface area contributed by atoms with Crippen molar-refractivity contribution in [3.63, 3.8) is 0 Å². The Hall–Kier alpha value is -2.73. The van der Waals surface area contributed by atoms with Crippen LogP contribution in [0, 0.1) is 30.2 Å². The highest BCUT2D eigenvalue weighted by Crippen LogP contribution is 2.35. The number of carbonyl (C=O) groups is 2. The molecule has 12 heteroatoms. The fourth-order valence-electron chi connectivity index (χ4n) is 2.74. The summed E-state index contributed by atoms with van der Waals surface area (Å²) in [5, 5.41) is 4.20. The molecule has 1 aromatic heterocycles. The van der Waals surface area contributed by atoms with Gasteiger partial charge in [-0.05, 0) is 38.6 Å². The molecular formula is C19H19F4N3O3S2. The second kappa shape index (κ2) is 10.1. The van der Waals surface area contributed by atoms with Crippen molar-refractivity contribution in [1.82, 2.24) is 4.90 Å². The van der Waals surface area contributed by atoms with Gasteiger partial charge in [0, 0.05) is 19.2 Å². The Morgan fingerprint density at radius 2 is 1.65 bits per heavy atom. The second-order valence-corrected chi connectivity index (χ2v) is 7.58. The molecule has 1 aromatic carbocycles. The summed E-state index contributed by atoms with van der Waals surface area (Å²) in [4.78, 5) is 26.8. The number of thiophene rings is 1. The number of ether oxygens (including phenoxy) is 1. The standard InChI is InChI=1S/C19H19F4N3O3S2/c1-5-26(6-2)17(27)15-8(3)11(18(28)29-4)16(31-15)25-19(30)24-14-12(22)9(20)7-10(21)13(14)23/h7H,5-6H2,1-4H3,(H2,24,25,30). The molecule has 0 saturated carbocycles. The van der Waals surface area contributed by atoms with Gasteiger partial charge in [0.05, 0.1) is 17.6 Å². The second-order valence-electron chi connectivity index (χ2n) is 6.15. The summed E-state index contributed by atoms with van der Waals surface area (Å²) in [6.07, 6.45) is 0. The number of esters is 1. The summed E-state index contributed by atoms with van der Waals surface area (Å²) >= 11 is 5.86. The third-order valence-electron chi connectivity index (χ3n) is 4.36. The number of thiocarbonyl (C=S) groups is 1. The van der Waals surface area contributed by atoms with Gasteiger partial charge in [-0.15, -0.1) is 11.3 Å². The van der Waals surface area contributed by atoms with Gasteiger partial charge in [-0.25, -0.2) is 22.4 Å². The van der Waals surface area contributed by atoms with Gasteiger partial charge in [0.25, 0.3) is 5.91 Å². The van der Waals surface area contributed by atoms with E-state index in [-0.39, 0.29) is 27.4 Å². The summed E-state index contributed by atoms with van der Waals surface area (Å²) in [5.74, 6) is -7.66. The number of amides is 1. The van der Waals surface area contributed by atoms with E-state index < -0.39 is 40.0 Å². The predicted molar refractivity (Wildman–Crippen MR) is 114 cm³/mol. The number of hydrogen-bond acceptors (Lipinski definition) is 5. The lowest BCUT2D eigenvalue weighted by atomic mass is 10.1. The third kappa shape index (κ3) is 4.96. The molecule has 0 aliphatic carbocycles. The van der Waals surface area contributed by atoms with E-state index in [0.717, 1.165) is 18.4 Å². The van der Waals surface area contributed by atoms with Crippen molar-refractivity contribution in [2.24, 2.45) is 0 Å². The number of carbonyl (C=O) groups excluding carboxylic acids is 2. The molecule has 0 spiro atoms. The number of benzene rings is 1. The van der Waals surface area contributed by atoms with Crippen LogP contribution in [0.25, 0.3) is 0 Å². The molecule has 0 aliphatic rings. The molecule has 168 valence electrons. The Morgan fingerprint density at radius 1 is 1.10 bits per heavy atom. The summed E-state index contributed by atoms with van der Waals surface area (Å²) < 4.78 is 59.4. The molecule has 0 atom stereocenters. The minimum Gasteiger partial charge on any atom is -0.465 e. The molecule has 6 nitrogen and oxygen atoms in total. The summed E-state index contributed by atoms with van der Waals surface area (Å²) in [7, 11) is 1.14. The Bertz CT molecular complexity index is 1010. The van der Waals surface area contributed by atoms with Crippen molar-refractivity contribution in [3.8, 4) is 0 Å². The molecule has 0 saturated heterocycles. The van der Waals surface area contributed by atoms with Crippen molar-refractivity contribution in [2.45, 2.75) is 20.8 Å². The number of nitrogens with one attached hydrogen (secondary N) is 2. The van der Waals surface area contributed by atoms with Crippen molar-refractivity contribution in [3.05, 3.63) is 45.3 Å². The molecule has 2 rings (SSSR count). The minimum atomic E-state index is -1.67. The molecule has 0 bridgehead atoms. The molecule has 0 unspecified atom stereocenters. The smallest absolute Gasteiger partial charge is 0.341 e. The summed E-state index contributed by atoms with van der Waals surface area (Å²) in [6, 6.07) is 0.0649. The van der Waals surface area contributed by atoms with Crippen LogP contribution in [0.15, 0.2) is 6.07 Å². The van der Waals surface area contributed by atoms with Crippen LogP contribution in [-0.2, 0) is 4.74 Å². The zero-order valence-electron chi connectivity index (χ0n) is 17.0. The highest BCUT2D eigenvalue weighted by Gasteiger charge is 2.28. The topological polar surface area (TPSA) is 70.7 Å². The van der Waals surface area contributed by atoms with Crippen molar-refractivity contribution < 1.29 is 31.9 Å². The van der Waals surface area contributed by atoms with Crippen LogP contribution in [0.3, 0.4) is 0 Å². The lowest BCUT2D eigenvalue weighted by molar-refractivity contribution is 0.0601. The molecule has 2 N–H and O–H groups in total. The van der Waals surface area contributed by atoms with Gasteiger partial charge < -0.3 is 20.3 Å². The normalized spacial score (nSPS) is 10.6. The Morgan fingerprint density at radius 3 is 2.13 bits per heavy atom. The highest BCUT2D eigenvalue weighted by molar-refractivity contribution is 7.80. The maximum atomic E-state index is 13.9. The third-order valence-corrected chi connectivity index (χ3v) is 5.76. The van der Waals surface area contributed by atoms with Crippen LogP contribution in [0.5, 0.6) is 0 Å². The van der Waals surface area contributed by atoms with E-state index in [1.54, 1.807) is 25.7 Å². The minimum absolute atomic E-state index is 0.00137. The van der Waals surface area contributed by atoms with Gasteiger partial charge in [0.15, 0.2) is 28.4 Å². The maximum Gasteiger partial charge on any atom is 0.341 e. The van der Waals surface area contributed by atoms with E-state index in [1.165, 1.54) is 0 Å². The molecule has 1 amide bonds. The first-order valence-electron chi connectivity index (χ1n) is 8.99. The van der Waals surface area contributed by atoms with Gasteiger partial charge in [-0.2, -0.15) is 0 Å². The van der Waals surface area contributed by atoms with E-state index in [4.69, 9.17) is 17.0 Å². The monoisotopic (exact) mass is 477 g/mol. The summed E-state index contributed by atoms with van der Waals surface area (Å²) in [5.41, 5.74) is -0.811. The van der Waals surface area contributed by atoms with Crippen molar-refractivity contribution in [2.75, 3.05) is 30.8 Å². The first-order valence-corrected chi connectivity index (χ1v) is 10.2. The first kappa shape index (κ1) is 24.5. The van der Waals surface area contributed by atoms with Crippen LogP contribution in [-0.4, -0.2) is 42.1 Å². The van der Waals surface area contributed by atoms with Crippen molar-refractivity contribution in [1.29, 1.82) is 0 Å². The van der Waals surface area contributed by atoms with E-state index in [1.807, 2.05) is 5.32 Å². The van der Waals surface area contributed by atoms with Gasteiger partial charge >= 0.3 is 5.97 Å². The molecular weight excluding hydrogens is 458 g/mol.